The minimum absolute atomic E-state index is 0.586. The molecule has 4 nitrogen and oxygen atoms in total. The Morgan fingerprint density at radius 3 is 2.94 bits per heavy atom. The maximum atomic E-state index is 5.95. The summed E-state index contributed by atoms with van der Waals surface area (Å²) in [4.78, 5) is 6.62. The number of aromatic nitrogens is 2. The molecule has 0 aliphatic carbocycles. The maximum Gasteiger partial charge on any atom is 0.201 e. The highest BCUT2D eigenvalue weighted by molar-refractivity contribution is 9.10. The smallest absolute Gasteiger partial charge is 0.201 e. The van der Waals surface area contributed by atoms with Gasteiger partial charge < -0.3 is 15.2 Å². The zero-order chi connectivity index (χ0) is 12.4. The Balaban J connectivity index is 2.30. The van der Waals surface area contributed by atoms with Crippen LogP contribution in [0.5, 0.6) is 0 Å². The van der Waals surface area contributed by atoms with E-state index in [0.29, 0.717) is 5.95 Å². The van der Waals surface area contributed by atoms with Crippen molar-refractivity contribution in [3.05, 3.63) is 22.7 Å². The number of halogens is 1. The number of nitrogen functional groups attached to an aromatic ring is 1. The van der Waals surface area contributed by atoms with E-state index in [1.165, 1.54) is 0 Å². The molecule has 1 aromatic heterocycles. The van der Waals surface area contributed by atoms with Gasteiger partial charge in [0.1, 0.15) is 0 Å². The number of hydrogen-bond acceptors (Lipinski definition) is 3. The molecule has 5 heteroatoms. The van der Waals surface area contributed by atoms with Crippen molar-refractivity contribution in [1.29, 1.82) is 0 Å². The van der Waals surface area contributed by atoms with Gasteiger partial charge in [-0.3, -0.25) is 0 Å². The molecule has 2 N–H and O–H groups in total. The first kappa shape index (κ1) is 12.4. The number of hydrogen-bond donors (Lipinski definition) is 1. The molecule has 0 spiro atoms. The molecule has 0 amide bonds. The average molecular weight is 297 g/mol. The molecule has 0 bridgehead atoms. The van der Waals surface area contributed by atoms with Gasteiger partial charge in [0.25, 0.3) is 0 Å². The Labute approximate surface area is 110 Å². The summed E-state index contributed by atoms with van der Waals surface area (Å²) >= 11 is 3.44. The molecule has 0 unspecified atom stereocenters. The zero-order valence-corrected chi connectivity index (χ0v) is 11.7. The third kappa shape index (κ3) is 2.61. The lowest BCUT2D eigenvalue weighted by Crippen LogP contribution is -2.23. The van der Waals surface area contributed by atoms with E-state index in [9.17, 15) is 0 Å². The van der Waals surface area contributed by atoms with Gasteiger partial charge in [-0.05, 0) is 31.8 Å². The standard InChI is InChI=1S/C12H17BrN4/c1-3-16(2)6-7-17-11-5-4-9(13)8-10(11)15-12(17)14/h4-5,8H,3,6-7H2,1-2H3,(H2,14,15). The number of rotatable bonds is 4. The first-order valence-corrected chi connectivity index (χ1v) is 6.51. The normalized spacial score (nSPS) is 11.5. The minimum atomic E-state index is 0.586. The maximum absolute atomic E-state index is 5.95. The summed E-state index contributed by atoms with van der Waals surface area (Å²) in [6.07, 6.45) is 0. The molecule has 0 radical (unpaired) electrons. The van der Waals surface area contributed by atoms with E-state index in [1.807, 2.05) is 12.1 Å². The zero-order valence-electron chi connectivity index (χ0n) is 10.2. The Hall–Kier alpha value is -1.07. The van der Waals surface area contributed by atoms with E-state index >= 15 is 0 Å². The van der Waals surface area contributed by atoms with E-state index in [2.05, 4.69) is 50.4 Å². The highest BCUT2D eigenvalue weighted by Crippen LogP contribution is 2.21. The molecule has 0 saturated carbocycles. The van der Waals surface area contributed by atoms with Gasteiger partial charge in [-0.25, -0.2) is 4.98 Å². The van der Waals surface area contributed by atoms with Gasteiger partial charge in [0, 0.05) is 17.6 Å². The first-order valence-electron chi connectivity index (χ1n) is 5.71. The van der Waals surface area contributed by atoms with E-state index in [-0.39, 0.29) is 0 Å². The molecule has 92 valence electrons. The second-order valence-electron chi connectivity index (χ2n) is 4.15. The van der Waals surface area contributed by atoms with Gasteiger partial charge in [-0.15, -0.1) is 0 Å². The van der Waals surface area contributed by atoms with Crippen molar-refractivity contribution in [3.8, 4) is 0 Å². The third-order valence-electron chi connectivity index (χ3n) is 2.98. The minimum Gasteiger partial charge on any atom is -0.369 e. The van der Waals surface area contributed by atoms with Crippen LogP contribution in [0.15, 0.2) is 22.7 Å². The highest BCUT2D eigenvalue weighted by Gasteiger charge is 2.08. The van der Waals surface area contributed by atoms with Gasteiger partial charge in [0.15, 0.2) is 0 Å². The fourth-order valence-corrected chi connectivity index (χ4v) is 2.13. The molecule has 2 aromatic rings. The predicted octanol–water partition coefficient (Wildman–Crippen LogP) is 2.33. The average Bonchev–Trinajstić information content (AvgIpc) is 2.61. The van der Waals surface area contributed by atoms with Crippen molar-refractivity contribution in [2.24, 2.45) is 0 Å². The van der Waals surface area contributed by atoms with Gasteiger partial charge in [-0.1, -0.05) is 22.9 Å². The van der Waals surface area contributed by atoms with Crippen molar-refractivity contribution in [2.45, 2.75) is 13.5 Å². The van der Waals surface area contributed by atoms with Crippen LogP contribution in [-0.4, -0.2) is 34.6 Å². The van der Waals surface area contributed by atoms with Crippen LogP contribution >= 0.6 is 15.9 Å². The molecule has 17 heavy (non-hydrogen) atoms. The topological polar surface area (TPSA) is 47.1 Å². The number of nitrogens with zero attached hydrogens (tertiary/aromatic N) is 3. The van der Waals surface area contributed by atoms with Crippen molar-refractivity contribution in [1.82, 2.24) is 14.5 Å². The number of benzene rings is 1. The Morgan fingerprint density at radius 2 is 2.24 bits per heavy atom. The second kappa shape index (κ2) is 5.06. The Bertz CT molecular complexity index is 520. The fraction of sp³-hybridized carbons (Fsp3) is 0.417. The lowest BCUT2D eigenvalue weighted by atomic mass is 10.3. The fourth-order valence-electron chi connectivity index (χ4n) is 1.79. The molecular formula is C12H17BrN4. The third-order valence-corrected chi connectivity index (χ3v) is 3.48. The molecule has 0 atom stereocenters. The lowest BCUT2D eigenvalue weighted by molar-refractivity contribution is 0.338. The van der Waals surface area contributed by atoms with Crippen LogP contribution < -0.4 is 5.73 Å². The number of nitrogens with two attached hydrogens (primary N) is 1. The summed E-state index contributed by atoms with van der Waals surface area (Å²) in [5.41, 5.74) is 7.98. The van der Waals surface area contributed by atoms with Gasteiger partial charge in [0.05, 0.1) is 11.0 Å². The van der Waals surface area contributed by atoms with E-state index < -0.39 is 0 Å². The lowest BCUT2D eigenvalue weighted by Gasteiger charge is -2.14. The van der Waals surface area contributed by atoms with Crippen LogP contribution in [0.3, 0.4) is 0 Å². The van der Waals surface area contributed by atoms with Crippen LogP contribution in [0.2, 0.25) is 0 Å². The molecule has 0 fully saturated rings. The number of likely N-dealkylation sites (N-methyl/N-ethyl adjacent to an activating group) is 1. The van der Waals surface area contributed by atoms with Crippen molar-refractivity contribution in [2.75, 3.05) is 25.9 Å². The molecule has 1 heterocycles. The van der Waals surface area contributed by atoms with Crippen molar-refractivity contribution in [3.63, 3.8) is 0 Å². The predicted molar refractivity (Wildman–Crippen MR) is 75.0 cm³/mol. The number of anilines is 1. The summed E-state index contributed by atoms with van der Waals surface area (Å²) in [5.74, 6) is 0.586. The summed E-state index contributed by atoms with van der Waals surface area (Å²) < 4.78 is 3.09. The van der Waals surface area contributed by atoms with Crippen LogP contribution in [0.4, 0.5) is 5.95 Å². The molecular weight excluding hydrogens is 280 g/mol. The van der Waals surface area contributed by atoms with Gasteiger partial charge in [-0.2, -0.15) is 0 Å². The van der Waals surface area contributed by atoms with Crippen LogP contribution in [0.1, 0.15) is 6.92 Å². The summed E-state index contributed by atoms with van der Waals surface area (Å²) in [7, 11) is 2.10. The molecule has 2 rings (SSSR count). The molecule has 1 aromatic carbocycles. The summed E-state index contributed by atoms with van der Waals surface area (Å²) in [6, 6.07) is 6.06. The number of imidazole rings is 1. The summed E-state index contributed by atoms with van der Waals surface area (Å²) in [5, 5.41) is 0. The molecule has 0 aliphatic rings. The van der Waals surface area contributed by atoms with Crippen molar-refractivity contribution >= 4 is 32.9 Å². The second-order valence-corrected chi connectivity index (χ2v) is 5.07. The Kier molecular flexibility index (Phi) is 3.69. The van der Waals surface area contributed by atoms with Crippen molar-refractivity contribution < 1.29 is 0 Å². The Morgan fingerprint density at radius 1 is 1.47 bits per heavy atom. The highest BCUT2D eigenvalue weighted by atomic mass is 79.9. The quantitative estimate of drug-likeness (QED) is 0.942. The van der Waals surface area contributed by atoms with E-state index in [4.69, 9.17) is 5.73 Å². The van der Waals surface area contributed by atoms with E-state index in [0.717, 1.165) is 35.1 Å². The van der Waals surface area contributed by atoms with Gasteiger partial charge in [0.2, 0.25) is 5.95 Å². The molecule has 0 aliphatic heterocycles. The SMILES string of the molecule is CCN(C)CCn1c(N)nc2cc(Br)ccc21. The van der Waals surface area contributed by atoms with Crippen LogP contribution in [0.25, 0.3) is 11.0 Å². The van der Waals surface area contributed by atoms with Crippen LogP contribution in [0, 0.1) is 0 Å². The first-order chi connectivity index (χ1) is 8.11. The van der Waals surface area contributed by atoms with Gasteiger partial charge >= 0.3 is 0 Å². The number of fused-ring (bicyclic) bond motifs is 1. The molecule has 0 saturated heterocycles. The monoisotopic (exact) mass is 296 g/mol. The van der Waals surface area contributed by atoms with E-state index in [1.54, 1.807) is 0 Å². The van der Waals surface area contributed by atoms with Crippen LogP contribution in [-0.2, 0) is 6.54 Å². The largest absolute Gasteiger partial charge is 0.369 e. The summed E-state index contributed by atoms with van der Waals surface area (Å²) in [6.45, 7) is 5.03.